The standard InChI is InChI=1S/C14H23FN2S/c1-4-17(5-2)8-9-18-14-7-6-12(11(3)16)10-13(14)15/h6-7,10-11H,4-5,8-9,16H2,1-3H3/t11-/m1/s1. The highest BCUT2D eigenvalue weighted by atomic mass is 32.2. The molecule has 1 aromatic rings. The zero-order valence-electron chi connectivity index (χ0n) is 11.4. The predicted molar refractivity (Wildman–Crippen MR) is 77.5 cm³/mol. The Balaban J connectivity index is 2.53. The van der Waals surface area contributed by atoms with Crippen molar-refractivity contribution in [2.24, 2.45) is 5.73 Å². The summed E-state index contributed by atoms with van der Waals surface area (Å²) < 4.78 is 13.8. The number of nitrogens with two attached hydrogens (primary N) is 1. The maximum atomic E-state index is 13.8. The van der Waals surface area contributed by atoms with Crippen molar-refractivity contribution in [2.45, 2.75) is 31.7 Å². The van der Waals surface area contributed by atoms with Gasteiger partial charge in [-0.1, -0.05) is 19.9 Å². The number of hydrogen-bond acceptors (Lipinski definition) is 3. The first kappa shape index (κ1) is 15.5. The van der Waals surface area contributed by atoms with E-state index in [1.807, 2.05) is 19.1 Å². The Morgan fingerprint density at radius 1 is 1.33 bits per heavy atom. The first-order valence-corrected chi connectivity index (χ1v) is 7.47. The van der Waals surface area contributed by atoms with Crippen LogP contribution in [0.15, 0.2) is 23.1 Å². The van der Waals surface area contributed by atoms with E-state index in [1.54, 1.807) is 17.8 Å². The van der Waals surface area contributed by atoms with Gasteiger partial charge in [-0.2, -0.15) is 0 Å². The second-order valence-electron chi connectivity index (χ2n) is 4.35. The van der Waals surface area contributed by atoms with Gasteiger partial charge in [0.25, 0.3) is 0 Å². The maximum Gasteiger partial charge on any atom is 0.137 e. The molecule has 0 bridgehead atoms. The molecule has 2 N–H and O–H groups in total. The molecule has 0 saturated heterocycles. The summed E-state index contributed by atoms with van der Waals surface area (Å²) in [5.74, 6) is 0.755. The van der Waals surface area contributed by atoms with Crippen molar-refractivity contribution in [3.05, 3.63) is 29.6 Å². The van der Waals surface area contributed by atoms with Crippen LogP contribution in [0.1, 0.15) is 32.4 Å². The molecule has 0 aromatic heterocycles. The highest BCUT2D eigenvalue weighted by Gasteiger charge is 2.07. The Labute approximate surface area is 114 Å². The summed E-state index contributed by atoms with van der Waals surface area (Å²) in [6, 6.07) is 5.17. The second kappa shape index (κ2) is 7.77. The lowest BCUT2D eigenvalue weighted by molar-refractivity contribution is 0.324. The van der Waals surface area contributed by atoms with Crippen molar-refractivity contribution in [2.75, 3.05) is 25.4 Å². The molecule has 0 aliphatic heterocycles. The van der Waals surface area contributed by atoms with Gasteiger partial charge in [0.1, 0.15) is 5.82 Å². The average Bonchev–Trinajstić information content (AvgIpc) is 2.36. The molecular formula is C14H23FN2S. The number of hydrogen-bond donors (Lipinski definition) is 1. The lowest BCUT2D eigenvalue weighted by Crippen LogP contribution is -2.25. The molecule has 18 heavy (non-hydrogen) atoms. The van der Waals surface area contributed by atoms with E-state index >= 15 is 0 Å². The van der Waals surface area contributed by atoms with Crippen molar-refractivity contribution >= 4 is 11.8 Å². The average molecular weight is 270 g/mol. The molecule has 0 amide bonds. The predicted octanol–water partition coefficient (Wildman–Crippen LogP) is 3.28. The summed E-state index contributed by atoms with van der Waals surface area (Å²) >= 11 is 1.57. The monoisotopic (exact) mass is 270 g/mol. The number of nitrogens with zero attached hydrogens (tertiary/aromatic N) is 1. The van der Waals surface area contributed by atoms with E-state index in [1.165, 1.54) is 0 Å². The molecule has 1 rings (SSSR count). The molecule has 0 radical (unpaired) electrons. The molecule has 0 aliphatic carbocycles. The van der Waals surface area contributed by atoms with Crippen LogP contribution < -0.4 is 5.73 Å². The van der Waals surface area contributed by atoms with Gasteiger partial charge in [0.2, 0.25) is 0 Å². The van der Waals surface area contributed by atoms with Gasteiger partial charge >= 0.3 is 0 Å². The van der Waals surface area contributed by atoms with Crippen LogP contribution in [0, 0.1) is 5.82 Å². The van der Waals surface area contributed by atoms with Crippen LogP contribution in [0.4, 0.5) is 4.39 Å². The first-order chi connectivity index (χ1) is 8.58. The summed E-state index contributed by atoms with van der Waals surface area (Å²) in [6.07, 6.45) is 0. The molecule has 0 aliphatic rings. The zero-order valence-corrected chi connectivity index (χ0v) is 12.3. The lowest BCUT2D eigenvalue weighted by atomic mass is 10.1. The largest absolute Gasteiger partial charge is 0.324 e. The van der Waals surface area contributed by atoms with Crippen molar-refractivity contribution in [1.29, 1.82) is 0 Å². The molecule has 1 aromatic carbocycles. The molecule has 0 fully saturated rings. The van der Waals surface area contributed by atoms with Gasteiger partial charge in [0.15, 0.2) is 0 Å². The van der Waals surface area contributed by atoms with Crippen LogP contribution in [-0.4, -0.2) is 30.3 Å². The molecule has 0 unspecified atom stereocenters. The van der Waals surface area contributed by atoms with Crippen LogP contribution in [0.3, 0.4) is 0 Å². The minimum atomic E-state index is -0.158. The smallest absolute Gasteiger partial charge is 0.137 e. The topological polar surface area (TPSA) is 29.3 Å². The first-order valence-electron chi connectivity index (χ1n) is 6.48. The van der Waals surface area contributed by atoms with E-state index in [0.29, 0.717) is 4.90 Å². The summed E-state index contributed by atoms with van der Waals surface area (Å²) in [5.41, 5.74) is 6.58. The lowest BCUT2D eigenvalue weighted by Gasteiger charge is -2.17. The van der Waals surface area contributed by atoms with Gasteiger partial charge in [-0.05, 0) is 37.7 Å². The summed E-state index contributed by atoms with van der Waals surface area (Å²) in [4.78, 5) is 3.05. The Hall–Kier alpha value is -0.580. The minimum Gasteiger partial charge on any atom is -0.324 e. The molecule has 2 nitrogen and oxygen atoms in total. The summed E-state index contributed by atoms with van der Waals surface area (Å²) in [5, 5.41) is 0. The van der Waals surface area contributed by atoms with Gasteiger partial charge in [0.05, 0.1) is 0 Å². The van der Waals surface area contributed by atoms with E-state index in [9.17, 15) is 4.39 Å². The summed E-state index contributed by atoms with van der Waals surface area (Å²) in [6.45, 7) is 9.23. The molecule has 0 spiro atoms. The van der Waals surface area contributed by atoms with Gasteiger partial charge < -0.3 is 10.6 Å². The highest BCUT2D eigenvalue weighted by Crippen LogP contribution is 2.24. The van der Waals surface area contributed by atoms with E-state index in [2.05, 4.69) is 18.7 Å². The molecular weight excluding hydrogens is 247 g/mol. The summed E-state index contributed by atoms with van der Waals surface area (Å²) in [7, 11) is 0. The van der Waals surface area contributed by atoms with Crippen molar-refractivity contribution in [3.63, 3.8) is 0 Å². The second-order valence-corrected chi connectivity index (χ2v) is 5.49. The number of halogens is 1. The number of benzene rings is 1. The molecule has 1 atom stereocenters. The van der Waals surface area contributed by atoms with Crippen LogP contribution >= 0.6 is 11.8 Å². The highest BCUT2D eigenvalue weighted by molar-refractivity contribution is 7.99. The number of rotatable bonds is 7. The van der Waals surface area contributed by atoms with Gasteiger partial charge in [-0.3, -0.25) is 0 Å². The molecule has 102 valence electrons. The fourth-order valence-electron chi connectivity index (χ4n) is 1.74. The van der Waals surface area contributed by atoms with Gasteiger partial charge in [-0.15, -0.1) is 11.8 Å². The van der Waals surface area contributed by atoms with Gasteiger partial charge in [0, 0.05) is 23.2 Å². The fraction of sp³-hybridized carbons (Fsp3) is 0.571. The Kier molecular flexibility index (Phi) is 6.68. The van der Waals surface area contributed by atoms with Crippen molar-refractivity contribution < 1.29 is 4.39 Å². The fourth-order valence-corrected chi connectivity index (χ4v) is 2.67. The molecule has 0 saturated carbocycles. The Bertz CT molecular complexity index is 365. The SMILES string of the molecule is CCN(CC)CCSc1ccc([C@@H](C)N)cc1F. The minimum absolute atomic E-state index is 0.116. The van der Waals surface area contributed by atoms with E-state index < -0.39 is 0 Å². The van der Waals surface area contributed by atoms with Crippen LogP contribution in [0.2, 0.25) is 0 Å². The van der Waals surface area contributed by atoms with Crippen LogP contribution in [-0.2, 0) is 0 Å². The third-order valence-electron chi connectivity index (χ3n) is 3.04. The normalized spacial score (nSPS) is 13.0. The zero-order chi connectivity index (χ0) is 13.5. The quantitative estimate of drug-likeness (QED) is 0.771. The Morgan fingerprint density at radius 3 is 2.50 bits per heavy atom. The van der Waals surface area contributed by atoms with Crippen LogP contribution in [0.5, 0.6) is 0 Å². The molecule has 0 heterocycles. The van der Waals surface area contributed by atoms with Crippen molar-refractivity contribution in [3.8, 4) is 0 Å². The third-order valence-corrected chi connectivity index (χ3v) is 4.07. The van der Waals surface area contributed by atoms with Gasteiger partial charge in [-0.25, -0.2) is 4.39 Å². The van der Waals surface area contributed by atoms with Crippen molar-refractivity contribution in [1.82, 2.24) is 4.90 Å². The van der Waals surface area contributed by atoms with E-state index in [4.69, 9.17) is 5.73 Å². The van der Waals surface area contributed by atoms with Crippen LogP contribution in [0.25, 0.3) is 0 Å². The van der Waals surface area contributed by atoms with E-state index in [-0.39, 0.29) is 11.9 Å². The third kappa shape index (κ3) is 4.59. The van der Waals surface area contributed by atoms with E-state index in [0.717, 1.165) is 31.0 Å². The number of thioether (sulfide) groups is 1. The maximum absolute atomic E-state index is 13.8. The Morgan fingerprint density at radius 2 is 2.00 bits per heavy atom. The molecule has 4 heteroatoms.